The molecule has 8 nitrogen and oxygen atoms in total. The molecule has 0 aromatic heterocycles. The maximum absolute atomic E-state index is 13.2. The molecule has 3 rings (SSSR count). The minimum atomic E-state index is -0.501. The predicted molar refractivity (Wildman–Crippen MR) is 141 cm³/mol. The van der Waals surface area contributed by atoms with Gasteiger partial charge in [-0.2, -0.15) is 0 Å². The molecule has 9 heteroatoms. The summed E-state index contributed by atoms with van der Waals surface area (Å²) in [5.41, 5.74) is -0.820. The fraction of sp³-hybridized carbons (Fsp3) is 0.714. The zero-order chi connectivity index (χ0) is 28.0. The van der Waals surface area contributed by atoms with Crippen molar-refractivity contribution in [3.8, 4) is 0 Å². The van der Waals surface area contributed by atoms with Crippen LogP contribution in [-0.2, 0) is 33.4 Å². The van der Waals surface area contributed by atoms with Gasteiger partial charge in [-0.05, 0) is 38.0 Å². The van der Waals surface area contributed by atoms with Gasteiger partial charge in [-0.25, -0.2) is 0 Å². The van der Waals surface area contributed by atoms with E-state index in [2.05, 4.69) is 49.9 Å². The lowest BCUT2D eigenvalue weighted by molar-refractivity contribution is -0.150. The maximum atomic E-state index is 13.2. The van der Waals surface area contributed by atoms with Crippen LogP contribution in [0, 0.1) is 34.0 Å². The molecule has 0 N–H and O–H groups in total. The molecule has 0 bridgehead atoms. The third-order valence-electron chi connectivity index (χ3n) is 8.81. The molecular weight excluding hydrogens is 542 g/mol. The number of carbonyl (C=O) groups is 4. The van der Waals surface area contributed by atoms with E-state index in [-0.39, 0.29) is 72.7 Å². The number of imide groups is 1. The summed E-state index contributed by atoms with van der Waals surface area (Å²) in [5.74, 6) is -1.99. The van der Waals surface area contributed by atoms with Crippen LogP contribution in [0.1, 0.15) is 60.8 Å². The minimum Gasteiger partial charge on any atom is -0.496 e. The van der Waals surface area contributed by atoms with Crippen LogP contribution in [0.2, 0.25) is 0 Å². The van der Waals surface area contributed by atoms with Gasteiger partial charge in [-0.3, -0.25) is 24.1 Å². The Bertz CT molecular complexity index is 983. The zero-order valence-corrected chi connectivity index (χ0v) is 24.4. The Morgan fingerprint density at radius 3 is 2.30 bits per heavy atom. The summed E-state index contributed by atoms with van der Waals surface area (Å²) in [6.07, 6.45) is 3.06. The Kier molecular flexibility index (Phi) is 8.10. The Morgan fingerprint density at radius 1 is 1.14 bits per heavy atom. The van der Waals surface area contributed by atoms with Crippen LogP contribution in [0.3, 0.4) is 0 Å². The first-order valence-corrected chi connectivity index (χ1v) is 13.7. The summed E-state index contributed by atoms with van der Waals surface area (Å²) in [5, 5.41) is 0. The van der Waals surface area contributed by atoms with Gasteiger partial charge in [0.25, 0.3) is 0 Å². The second kappa shape index (κ2) is 10.2. The SMILES string of the molecule is C=CC12CC1(C)C1C(=O)N(CCC(=O)OCCCOC(=O)C(C)COC(=C)C(C)(C)Br)C(=O)C1C2(C)C. The van der Waals surface area contributed by atoms with Gasteiger partial charge in [0.1, 0.15) is 12.4 Å². The molecule has 2 saturated carbocycles. The molecule has 2 aliphatic carbocycles. The van der Waals surface area contributed by atoms with Gasteiger partial charge in [0, 0.05) is 18.4 Å². The molecule has 37 heavy (non-hydrogen) atoms. The van der Waals surface area contributed by atoms with E-state index in [0.717, 1.165) is 6.42 Å². The van der Waals surface area contributed by atoms with E-state index in [1.165, 1.54) is 4.90 Å². The number of rotatable bonds is 13. The highest BCUT2D eigenvalue weighted by molar-refractivity contribution is 9.10. The number of hydrogen-bond acceptors (Lipinski definition) is 7. The molecule has 1 heterocycles. The van der Waals surface area contributed by atoms with Crippen LogP contribution in [0.25, 0.3) is 0 Å². The predicted octanol–water partition coefficient (Wildman–Crippen LogP) is 4.42. The second-order valence-corrected chi connectivity index (χ2v) is 13.9. The Balaban J connectivity index is 1.36. The van der Waals surface area contributed by atoms with Crippen LogP contribution in [0.15, 0.2) is 25.0 Å². The summed E-state index contributed by atoms with van der Waals surface area (Å²) >= 11 is 3.44. The average Bonchev–Trinajstić information content (AvgIpc) is 3.31. The lowest BCUT2D eigenvalue weighted by Gasteiger charge is -2.34. The van der Waals surface area contributed by atoms with Crippen molar-refractivity contribution >= 4 is 39.7 Å². The van der Waals surface area contributed by atoms with E-state index in [0.29, 0.717) is 12.2 Å². The zero-order valence-electron chi connectivity index (χ0n) is 22.9. The largest absolute Gasteiger partial charge is 0.496 e. The number of halogens is 1. The van der Waals surface area contributed by atoms with Crippen molar-refractivity contribution in [2.45, 2.75) is 65.1 Å². The Labute approximate surface area is 228 Å². The summed E-state index contributed by atoms with van der Waals surface area (Å²) < 4.78 is 15.6. The molecule has 0 spiro atoms. The van der Waals surface area contributed by atoms with Gasteiger partial charge < -0.3 is 14.2 Å². The molecule has 3 fully saturated rings. The number of hydrogen-bond donors (Lipinski definition) is 0. The molecule has 0 aromatic carbocycles. The highest BCUT2D eigenvalue weighted by Crippen LogP contribution is 2.85. The second-order valence-electron chi connectivity index (χ2n) is 11.9. The maximum Gasteiger partial charge on any atom is 0.312 e. The quantitative estimate of drug-likeness (QED) is 0.0792. The number of esters is 2. The minimum absolute atomic E-state index is 0.0136. The highest BCUT2D eigenvalue weighted by Gasteiger charge is 2.85. The van der Waals surface area contributed by atoms with Gasteiger partial charge in [0.2, 0.25) is 11.8 Å². The van der Waals surface area contributed by atoms with Crippen LogP contribution in [-0.4, -0.2) is 59.3 Å². The van der Waals surface area contributed by atoms with Gasteiger partial charge in [-0.15, -0.1) is 6.58 Å². The molecule has 0 aromatic rings. The third-order valence-corrected chi connectivity index (χ3v) is 9.25. The molecule has 206 valence electrons. The van der Waals surface area contributed by atoms with Crippen molar-refractivity contribution in [1.82, 2.24) is 4.90 Å². The number of nitrogens with zero attached hydrogens (tertiary/aromatic N) is 1. The number of carbonyl (C=O) groups excluding carboxylic acids is 4. The molecule has 2 amide bonds. The van der Waals surface area contributed by atoms with E-state index in [1.54, 1.807) is 6.92 Å². The fourth-order valence-corrected chi connectivity index (χ4v) is 6.46. The summed E-state index contributed by atoms with van der Waals surface area (Å²) in [6.45, 7) is 19.8. The number of allylic oxidation sites excluding steroid dienone is 2. The molecular formula is C28H40BrNO7. The first-order valence-electron chi connectivity index (χ1n) is 12.9. The van der Waals surface area contributed by atoms with Crippen molar-refractivity contribution in [3.05, 3.63) is 25.0 Å². The molecule has 0 radical (unpaired) electrons. The van der Waals surface area contributed by atoms with Gasteiger partial charge in [0.05, 0.1) is 41.7 Å². The van der Waals surface area contributed by atoms with E-state index >= 15 is 0 Å². The van der Waals surface area contributed by atoms with Crippen LogP contribution in [0.5, 0.6) is 0 Å². The lowest BCUT2D eigenvalue weighted by Crippen LogP contribution is -2.39. The monoisotopic (exact) mass is 581 g/mol. The lowest BCUT2D eigenvalue weighted by atomic mass is 9.69. The standard InChI is InChI=1S/C28H40BrNO7/c1-9-28-16-27(28,8)21-20(25(28,4)5)22(32)30(23(21)33)12-11-19(31)35-13-10-14-36-24(34)17(2)15-37-18(3)26(6,7)29/h9,17,20-21H,1,3,10-16H2,2,4-8H3. The van der Waals surface area contributed by atoms with Crippen LogP contribution in [0.4, 0.5) is 0 Å². The number of ether oxygens (including phenoxy) is 3. The Hall–Kier alpha value is -2.16. The van der Waals surface area contributed by atoms with Crippen LogP contribution >= 0.6 is 15.9 Å². The van der Waals surface area contributed by atoms with E-state index in [4.69, 9.17) is 14.2 Å². The van der Waals surface area contributed by atoms with Gasteiger partial charge >= 0.3 is 11.9 Å². The molecule has 1 aliphatic heterocycles. The van der Waals surface area contributed by atoms with Gasteiger partial charge in [-0.1, -0.05) is 49.4 Å². The number of amides is 2. The third kappa shape index (κ3) is 5.00. The average molecular weight is 583 g/mol. The van der Waals surface area contributed by atoms with E-state index < -0.39 is 22.2 Å². The molecule has 5 atom stereocenters. The van der Waals surface area contributed by atoms with Crippen LogP contribution < -0.4 is 0 Å². The first kappa shape index (κ1) is 29.4. The van der Waals surface area contributed by atoms with E-state index in [9.17, 15) is 19.2 Å². The normalized spacial score (nSPS) is 30.3. The van der Waals surface area contributed by atoms with Crippen molar-refractivity contribution in [2.75, 3.05) is 26.4 Å². The van der Waals surface area contributed by atoms with Crippen molar-refractivity contribution in [1.29, 1.82) is 0 Å². The van der Waals surface area contributed by atoms with Crippen molar-refractivity contribution < 1.29 is 33.4 Å². The summed E-state index contributed by atoms with van der Waals surface area (Å²) in [7, 11) is 0. The molecule has 1 saturated heterocycles. The van der Waals surface area contributed by atoms with Gasteiger partial charge in [0.15, 0.2) is 0 Å². The highest BCUT2D eigenvalue weighted by atomic mass is 79.9. The molecule has 3 aliphatic rings. The number of alkyl halides is 1. The number of likely N-dealkylation sites (tertiary alicyclic amines) is 1. The van der Waals surface area contributed by atoms with E-state index in [1.807, 2.05) is 19.9 Å². The molecule has 5 unspecified atom stereocenters. The number of fused-ring (bicyclic) bond motifs is 3. The first-order chi connectivity index (χ1) is 17.0. The summed E-state index contributed by atoms with van der Waals surface area (Å²) in [6, 6.07) is 0. The Morgan fingerprint density at radius 2 is 1.73 bits per heavy atom. The van der Waals surface area contributed by atoms with Crippen molar-refractivity contribution in [2.24, 2.45) is 34.0 Å². The smallest absolute Gasteiger partial charge is 0.312 e. The fourth-order valence-electron chi connectivity index (χ4n) is 6.35. The summed E-state index contributed by atoms with van der Waals surface area (Å²) in [4.78, 5) is 52.0. The van der Waals surface area contributed by atoms with Crippen molar-refractivity contribution in [3.63, 3.8) is 0 Å². The topological polar surface area (TPSA) is 99.2 Å².